The molecule has 23 heavy (non-hydrogen) atoms. The predicted molar refractivity (Wildman–Crippen MR) is 79.3 cm³/mol. The zero-order valence-corrected chi connectivity index (χ0v) is 22.4. The molecule has 128 valence electrons. The second kappa shape index (κ2) is 49.6. The second-order valence-electron chi connectivity index (χ2n) is 2.65. The van der Waals surface area contributed by atoms with Crippen LogP contribution in [0.3, 0.4) is 0 Å². The van der Waals surface area contributed by atoms with Crippen LogP contribution in [-0.4, -0.2) is 80.4 Å². The molecule has 0 bridgehead atoms. The fraction of sp³-hybridized carbons (Fsp3) is 0.600. The van der Waals surface area contributed by atoms with Crippen molar-refractivity contribution >= 4 is 46.9 Å². The Balaban J connectivity index is -0.0000000134. The Labute approximate surface area is 240 Å². The van der Waals surface area contributed by atoms with E-state index in [1.807, 2.05) is 0 Å². The third-order valence-electron chi connectivity index (χ3n) is 0.167. The molecule has 2 radical (unpaired) electrons. The third kappa shape index (κ3) is 1410. The summed E-state index contributed by atoms with van der Waals surface area (Å²) in [4.78, 5) is 36.0. The number of carboxylic acid groups (broad SMARTS) is 4. The maximum absolute atomic E-state index is 9.00. The molecule has 0 aromatic rings. The molecule has 0 aromatic carbocycles. The molecule has 0 rings (SSSR count). The van der Waals surface area contributed by atoms with Crippen molar-refractivity contribution in [3.8, 4) is 0 Å². The van der Waals surface area contributed by atoms with Crippen molar-refractivity contribution < 1.29 is 145 Å². The van der Waals surface area contributed by atoms with E-state index in [-0.39, 0.29) is 129 Å². The van der Waals surface area contributed by atoms with E-state index in [1.54, 1.807) is 0 Å². The first-order valence-electron chi connectivity index (χ1n) is 5.03. The van der Waals surface area contributed by atoms with Crippen LogP contribution in [0.15, 0.2) is 0 Å². The smallest absolute Gasteiger partial charge is 1.00 e. The van der Waals surface area contributed by atoms with Gasteiger partial charge in [-0.25, -0.2) is 0 Å². The Morgan fingerprint density at radius 1 is 0.652 bits per heavy atom. The van der Waals surface area contributed by atoms with Crippen molar-refractivity contribution in [2.24, 2.45) is 11.5 Å². The average molecular weight is 405 g/mol. The molecule has 0 aliphatic carbocycles. The Morgan fingerprint density at radius 3 is 0.696 bits per heavy atom. The molecule has 0 atom stereocenters. The number of aliphatic carboxylic acids is 4. The molecule has 0 fully saturated rings. The number of hydrogen-bond acceptors (Lipinski definition) is 6. The molecule has 10 nitrogen and oxygen atoms in total. The summed E-state index contributed by atoms with van der Waals surface area (Å²) in [7, 11) is 0. The van der Waals surface area contributed by atoms with E-state index in [4.69, 9.17) is 51.1 Å². The van der Waals surface area contributed by atoms with E-state index in [9.17, 15) is 0 Å². The predicted octanol–water partition coefficient (Wildman–Crippen LogP) is -6.88. The van der Waals surface area contributed by atoms with E-state index < -0.39 is 23.9 Å². The van der Waals surface area contributed by atoms with Crippen molar-refractivity contribution in [2.45, 2.75) is 27.7 Å². The van der Waals surface area contributed by atoms with Gasteiger partial charge >= 0.3 is 103 Å². The van der Waals surface area contributed by atoms with Crippen molar-refractivity contribution in [3.63, 3.8) is 0 Å². The van der Waals surface area contributed by atoms with Gasteiger partial charge in [0.25, 0.3) is 23.9 Å². The Hall–Kier alpha value is 1.84. The summed E-state index contributed by atoms with van der Waals surface area (Å²) < 4.78 is 0. The van der Waals surface area contributed by atoms with Gasteiger partial charge in [0.1, 0.15) is 0 Å². The summed E-state index contributed by atoms with van der Waals surface area (Å²) in [5, 5.41) is 29.7. The summed E-state index contributed by atoms with van der Waals surface area (Å²) in [6.07, 6.45) is 0. The molecule has 0 aliphatic rings. The molecule has 0 unspecified atom stereocenters. The van der Waals surface area contributed by atoms with Gasteiger partial charge in [0.2, 0.25) is 0 Å². The number of carbonyl (C=O) groups is 4. The molecule has 0 heterocycles. The zero-order chi connectivity index (χ0) is 17.7. The fourth-order valence-electron chi connectivity index (χ4n) is 0. The molecule has 0 saturated heterocycles. The number of rotatable bonds is 1. The molecule has 0 saturated carbocycles. The number of hydrogen-bond donors (Lipinski definition) is 6. The first kappa shape index (κ1) is 49.8. The van der Waals surface area contributed by atoms with Crippen LogP contribution >= 0.6 is 0 Å². The molecular formula is C10H26K2MgN2O8. The minimum absolute atomic E-state index is 0. The van der Waals surface area contributed by atoms with Crippen LogP contribution in [0.25, 0.3) is 0 Å². The van der Waals surface area contributed by atoms with Crippen LogP contribution in [0.2, 0.25) is 0 Å². The quantitative estimate of drug-likeness (QED) is 0.228. The van der Waals surface area contributed by atoms with Gasteiger partial charge in [-0.3, -0.25) is 19.2 Å². The molecule has 13 heteroatoms. The van der Waals surface area contributed by atoms with Crippen molar-refractivity contribution in [1.82, 2.24) is 0 Å². The molecular weight excluding hydrogens is 379 g/mol. The van der Waals surface area contributed by atoms with Crippen molar-refractivity contribution in [3.05, 3.63) is 0 Å². The zero-order valence-electron chi connectivity index (χ0n) is 16.7. The van der Waals surface area contributed by atoms with Crippen LogP contribution in [0.1, 0.15) is 30.5 Å². The van der Waals surface area contributed by atoms with Gasteiger partial charge in [0.15, 0.2) is 0 Å². The first-order chi connectivity index (χ1) is 8.84. The van der Waals surface area contributed by atoms with Gasteiger partial charge in [-0.15, -0.1) is 0 Å². The topological polar surface area (TPSA) is 201 Å². The number of carboxylic acids is 4. The Morgan fingerprint density at radius 2 is 0.696 bits per heavy atom. The minimum atomic E-state index is -0.833. The van der Waals surface area contributed by atoms with E-state index >= 15 is 0 Å². The van der Waals surface area contributed by atoms with Crippen LogP contribution in [0.4, 0.5) is 0 Å². The SMILES string of the molecule is CC(=O)O.CC(=O)O.CC(=O)O.CC(=O)O.NCCN.[H-].[H-].[K+].[K+].[Mg]. The fourth-order valence-corrected chi connectivity index (χ4v) is 0. The Kier molecular flexibility index (Phi) is 107. The van der Waals surface area contributed by atoms with Gasteiger partial charge < -0.3 is 34.7 Å². The van der Waals surface area contributed by atoms with Crippen LogP contribution < -0.4 is 114 Å². The van der Waals surface area contributed by atoms with Crippen molar-refractivity contribution in [1.29, 1.82) is 0 Å². The third-order valence-corrected chi connectivity index (χ3v) is 0.167. The first-order valence-corrected chi connectivity index (χ1v) is 5.03. The molecule has 0 aromatic heterocycles. The maximum atomic E-state index is 9.00. The molecule has 0 spiro atoms. The van der Waals surface area contributed by atoms with E-state index in [2.05, 4.69) is 0 Å². The standard InChI is InChI=1S/C2H8N2.4C2H4O2.2K.Mg.2H/c3-1-2-4;4*1-2(3)4;;;;;/h1-4H2;4*1H3,(H,3,4);;;;;/q;;;;;2*+1;;2*-1. The normalized spacial score (nSPS) is 5.65. The minimum Gasteiger partial charge on any atom is -1.00 e. The van der Waals surface area contributed by atoms with E-state index in [1.165, 1.54) is 0 Å². The van der Waals surface area contributed by atoms with Gasteiger partial charge in [-0.2, -0.15) is 0 Å². The van der Waals surface area contributed by atoms with Crippen LogP contribution in [-0.2, 0) is 19.2 Å². The van der Waals surface area contributed by atoms with E-state index in [0.717, 1.165) is 27.7 Å². The second-order valence-corrected chi connectivity index (χ2v) is 2.65. The summed E-state index contributed by atoms with van der Waals surface area (Å²) in [5.74, 6) is -3.33. The van der Waals surface area contributed by atoms with Crippen molar-refractivity contribution in [2.75, 3.05) is 13.1 Å². The van der Waals surface area contributed by atoms with Gasteiger partial charge in [-0.05, 0) is 0 Å². The summed E-state index contributed by atoms with van der Waals surface area (Å²) >= 11 is 0. The van der Waals surface area contributed by atoms with Crippen LogP contribution in [0, 0.1) is 0 Å². The Bertz CT molecular complexity index is 215. The molecule has 0 aliphatic heterocycles. The maximum Gasteiger partial charge on any atom is 1.00 e. The average Bonchev–Trinajstić information content (AvgIpc) is 2.13. The van der Waals surface area contributed by atoms with Gasteiger partial charge in [0, 0.05) is 63.8 Å². The molecule has 8 N–H and O–H groups in total. The summed E-state index contributed by atoms with van der Waals surface area (Å²) in [5.41, 5.74) is 9.81. The van der Waals surface area contributed by atoms with Crippen LogP contribution in [0.5, 0.6) is 0 Å². The van der Waals surface area contributed by atoms with Gasteiger partial charge in [0.05, 0.1) is 0 Å². The summed E-state index contributed by atoms with van der Waals surface area (Å²) in [6.45, 7) is 5.53. The summed E-state index contributed by atoms with van der Waals surface area (Å²) in [6, 6.07) is 0. The molecule has 0 amide bonds. The largest absolute Gasteiger partial charge is 1.00 e. The van der Waals surface area contributed by atoms with Gasteiger partial charge in [-0.1, -0.05) is 0 Å². The van der Waals surface area contributed by atoms with E-state index in [0.29, 0.717) is 13.1 Å². The number of nitrogens with two attached hydrogens (primary N) is 2. The monoisotopic (exact) mass is 404 g/mol.